The van der Waals surface area contributed by atoms with Gasteiger partial charge in [0.05, 0.1) is 17.7 Å². The van der Waals surface area contributed by atoms with Gasteiger partial charge < -0.3 is 15.2 Å². The second-order valence-corrected chi connectivity index (χ2v) is 7.93. The molecule has 0 aliphatic carbocycles. The minimum absolute atomic E-state index is 0. The summed E-state index contributed by atoms with van der Waals surface area (Å²) in [5.74, 6) is 0.969. The number of benzene rings is 2. The highest BCUT2D eigenvalue weighted by Gasteiger charge is 2.19. The molecule has 0 amide bonds. The maximum atomic E-state index is 13.0. The van der Waals surface area contributed by atoms with Crippen molar-refractivity contribution in [3.63, 3.8) is 0 Å². The first-order valence-corrected chi connectivity index (χ1v) is 10.7. The fraction of sp³-hybridized carbons (Fsp3) is 0.136. The molecule has 0 aliphatic heterocycles. The van der Waals surface area contributed by atoms with Crippen molar-refractivity contribution in [1.82, 2.24) is 4.98 Å². The lowest BCUT2D eigenvalue weighted by Crippen LogP contribution is -2.16. The normalized spacial score (nSPS) is 10.7. The zero-order valence-corrected chi connectivity index (χ0v) is 19.8. The zero-order valence-electron chi connectivity index (χ0n) is 17.3. The fourth-order valence-corrected chi connectivity index (χ4v) is 3.79. The average Bonchev–Trinajstić information content (AvgIpc) is 2.78. The maximum absolute atomic E-state index is 13.0. The molecule has 172 valence electrons. The van der Waals surface area contributed by atoms with Gasteiger partial charge in [0, 0.05) is 24.5 Å². The lowest BCUT2D eigenvalue weighted by Gasteiger charge is -2.16. The van der Waals surface area contributed by atoms with E-state index in [-0.39, 0.29) is 36.3 Å². The number of hydrogen-bond acceptors (Lipinski definition) is 6. The molecule has 0 spiro atoms. The Bertz CT molecular complexity index is 1110. The van der Waals surface area contributed by atoms with Gasteiger partial charge in [0.1, 0.15) is 18.1 Å². The number of aromatic nitrogens is 1. The Morgan fingerprint density at radius 2 is 1.69 bits per heavy atom. The second-order valence-electron chi connectivity index (χ2n) is 6.25. The number of pyridine rings is 1. The van der Waals surface area contributed by atoms with E-state index in [1.165, 1.54) is 19.2 Å². The highest BCUT2D eigenvalue weighted by Crippen LogP contribution is 2.32. The standard InChI is InChI=1S/C22H23N3O4S.2ClH/c1-28-19-7-9-20(10-8-19)30(26,27)25-22-18(3-2-4-21(22)29-16-13-23)6-5-17-11-14-24-15-12-17;;/h2-12,14-15,25H,13,16,23H2,1H3;2*1H/b6-5+;;. The smallest absolute Gasteiger partial charge is 0.262 e. The number of anilines is 1. The van der Waals surface area contributed by atoms with E-state index in [4.69, 9.17) is 15.2 Å². The predicted octanol–water partition coefficient (Wildman–Crippen LogP) is 4.24. The van der Waals surface area contributed by atoms with Crippen LogP contribution in [-0.4, -0.2) is 33.7 Å². The van der Waals surface area contributed by atoms with Crippen molar-refractivity contribution in [2.75, 3.05) is 25.0 Å². The molecule has 3 N–H and O–H groups in total. The summed E-state index contributed by atoms with van der Waals surface area (Å²) < 4.78 is 39.4. The van der Waals surface area contributed by atoms with E-state index in [0.717, 1.165) is 5.56 Å². The van der Waals surface area contributed by atoms with Crippen molar-refractivity contribution in [3.05, 3.63) is 78.1 Å². The Morgan fingerprint density at radius 1 is 1.00 bits per heavy atom. The van der Waals surface area contributed by atoms with E-state index in [1.807, 2.05) is 24.3 Å². The molecule has 0 bridgehead atoms. The van der Waals surface area contributed by atoms with Crippen LogP contribution in [0.2, 0.25) is 0 Å². The van der Waals surface area contributed by atoms with Gasteiger partial charge in [0.25, 0.3) is 10.0 Å². The number of ether oxygens (including phenoxy) is 2. The van der Waals surface area contributed by atoms with Crippen molar-refractivity contribution in [2.24, 2.45) is 5.73 Å². The molecule has 0 radical (unpaired) electrons. The second kappa shape index (κ2) is 12.9. The zero-order chi connectivity index (χ0) is 21.4. The quantitative estimate of drug-likeness (QED) is 0.458. The highest BCUT2D eigenvalue weighted by molar-refractivity contribution is 7.92. The largest absolute Gasteiger partial charge is 0.497 e. The minimum atomic E-state index is -3.85. The van der Waals surface area contributed by atoms with Crippen molar-refractivity contribution >= 4 is 52.7 Å². The summed E-state index contributed by atoms with van der Waals surface area (Å²) in [7, 11) is -2.33. The molecular weight excluding hydrogens is 473 g/mol. The maximum Gasteiger partial charge on any atom is 0.262 e. The van der Waals surface area contributed by atoms with Crippen LogP contribution >= 0.6 is 24.8 Å². The van der Waals surface area contributed by atoms with Crippen LogP contribution in [0.25, 0.3) is 12.2 Å². The van der Waals surface area contributed by atoms with E-state index in [1.54, 1.807) is 42.7 Å². The monoisotopic (exact) mass is 497 g/mol. The molecule has 10 heteroatoms. The van der Waals surface area contributed by atoms with Crippen LogP contribution in [0.1, 0.15) is 11.1 Å². The molecule has 0 saturated heterocycles. The number of para-hydroxylation sites is 1. The van der Waals surface area contributed by atoms with E-state index in [0.29, 0.717) is 29.3 Å². The Labute approximate surface area is 200 Å². The molecule has 7 nitrogen and oxygen atoms in total. The van der Waals surface area contributed by atoms with Gasteiger partial charge in [-0.05, 0) is 48.0 Å². The highest BCUT2D eigenvalue weighted by atomic mass is 35.5. The topological polar surface area (TPSA) is 104 Å². The van der Waals surface area contributed by atoms with Crippen molar-refractivity contribution in [1.29, 1.82) is 0 Å². The first kappa shape index (κ1) is 27.3. The number of nitrogens with two attached hydrogens (primary N) is 1. The predicted molar refractivity (Wildman–Crippen MR) is 132 cm³/mol. The fourth-order valence-electron chi connectivity index (χ4n) is 2.69. The molecule has 32 heavy (non-hydrogen) atoms. The van der Waals surface area contributed by atoms with Crippen LogP contribution in [0.4, 0.5) is 5.69 Å². The van der Waals surface area contributed by atoms with Gasteiger partial charge in [-0.25, -0.2) is 8.42 Å². The summed E-state index contributed by atoms with van der Waals surface area (Å²) in [4.78, 5) is 4.11. The summed E-state index contributed by atoms with van der Waals surface area (Å²) >= 11 is 0. The molecule has 0 saturated carbocycles. The van der Waals surface area contributed by atoms with Crippen LogP contribution in [0, 0.1) is 0 Å². The molecule has 1 heterocycles. The van der Waals surface area contributed by atoms with Gasteiger partial charge in [0.2, 0.25) is 0 Å². The third-order valence-electron chi connectivity index (χ3n) is 4.20. The molecule has 1 aromatic heterocycles. The van der Waals surface area contributed by atoms with Crippen molar-refractivity contribution in [2.45, 2.75) is 4.90 Å². The van der Waals surface area contributed by atoms with Gasteiger partial charge in [-0.1, -0.05) is 24.3 Å². The molecule has 3 rings (SSSR count). The Balaban J connectivity index is 0.00000256. The molecule has 0 unspecified atom stereocenters. The Kier molecular flexibility index (Phi) is 11.0. The first-order chi connectivity index (χ1) is 14.5. The third-order valence-corrected chi connectivity index (χ3v) is 5.57. The minimum Gasteiger partial charge on any atom is -0.497 e. The number of hydrogen-bond donors (Lipinski definition) is 2. The SMILES string of the molecule is COc1ccc(S(=O)(=O)Nc2c(/C=C/c3ccncc3)cccc2OCCN)cc1.Cl.Cl. The summed E-state index contributed by atoms with van der Waals surface area (Å²) in [6.45, 7) is 0.566. The van der Waals surface area contributed by atoms with Crippen LogP contribution in [0.3, 0.4) is 0 Å². The summed E-state index contributed by atoms with van der Waals surface area (Å²) in [5, 5.41) is 0. The van der Waals surface area contributed by atoms with Gasteiger partial charge >= 0.3 is 0 Å². The molecule has 3 aromatic rings. The van der Waals surface area contributed by atoms with Crippen LogP contribution in [0.5, 0.6) is 11.5 Å². The van der Waals surface area contributed by atoms with Crippen LogP contribution in [0.15, 0.2) is 71.9 Å². The number of rotatable bonds is 9. The van der Waals surface area contributed by atoms with Gasteiger partial charge in [-0.2, -0.15) is 0 Å². The molecule has 0 atom stereocenters. The van der Waals surface area contributed by atoms with Gasteiger partial charge in [0.15, 0.2) is 0 Å². The van der Waals surface area contributed by atoms with E-state index in [9.17, 15) is 8.42 Å². The number of nitrogens with zero attached hydrogens (tertiary/aromatic N) is 1. The lowest BCUT2D eigenvalue weighted by molar-refractivity contribution is 0.330. The molecule has 0 fully saturated rings. The summed E-state index contributed by atoms with van der Waals surface area (Å²) in [5.41, 5.74) is 7.47. The summed E-state index contributed by atoms with van der Waals surface area (Å²) in [6.07, 6.45) is 7.06. The van der Waals surface area contributed by atoms with Gasteiger partial charge in [-0.15, -0.1) is 24.8 Å². The van der Waals surface area contributed by atoms with E-state index in [2.05, 4.69) is 9.71 Å². The van der Waals surface area contributed by atoms with Gasteiger partial charge in [-0.3, -0.25) is 9.71 Å². The lowest BCUT2D eigenvalue weighted by atomic mass is 10.1. The first-order valence-electron chi connectivity index (χ1n) is 9.24. The number of halogens is 2. The van der Waals surface area contributed by atoms with Crippen LogP contribution in [-0.2, 0) is 10.0 Å². The Morgan fingerprint density at radius 3 is 2.31 bits per heavy atom. The third kappa shape index (κ3) is 7.13. The number of nitrogens with one attached hydrogen (secondary N) is 1. The molecule has 2 aromatic carbocycles. The molecule has 0 aliphatic rings. The Hall–Kier alpha value is -2.78. The van der Waals surface area contributed by atoms with E-state index >= 15 is 0 Å². The number of methoxy groups -OCH3 is 1. The molecular formula is C22H25Cl2N3O4S. The average molecular weight is 498 g/mol. The van der Waals surface area contributed by atoms with E-state index < -0.39 is 10.0 Å². The number of sulfonamides is 1. The van der Waals surface area contributed by atoms with Crippen molar-refractivity contribution in [3.8, 4) is 11.5 Å². The summed E-state index contributed by atoms with van der Waals surface area (Å²) in [6, 6.07) is 15.2. The van der Waals surface area contributed by atoms with Crippen LogP contribution < -0.4 is 19.9 Å². The van der Waals surface area contributed by atoms with Crippen molar-refractivity contribution < 1.29 is 17.9 Å².